The van der Waals surface area contributed by atoms with Gasteiger partial charge in [-0.2, -0.15) is 0 Å². The molecule has 2 aromatic carbocycles. The highest BCUT2D eigenvalue weighted by Crippen LogP contribution is 2.32. The molecule has 1 aliphatic heterocycles. The molecule has 2 amide bonds. The molecule has 0 unspecified atom stereocenters. The lowest BCUT2D eigenvalue weighted by Crippen LogP contribution is -2.46. The van der Waals surface area contributed by atoms with Gasteiger partial charge >= 0.3 is 5.97 Å². The second-order valence-electron chi connectivity index (χ2n) is 8.93. The number of hydrogen-bond acceptors (Lipinski definition) is 4. The summed E-state index contributed by atoms with van der Waals surface area (Å²) in [7, 11) is 0. The number of benzene rings is 2. The van der Waals surface area contributed by atoms with Crippen molar-refractivity contribution >= 4 is 23.9 Å². The lowest BCUT2D eigenvalue weighted by molar-refractivity contribution is -0.158. The van der Waals surface area contributed by atoms with Crippen LogP contribution in [-0.4, -0.2) is 34.3 Å². The minimum atomic E-state index is -0.829. The van der Waals surface area contributed by atoms with E-state index in [0.717, 1.165) is 16.7 Å². The quantitative estimate of drug-likeness (QED) is 0.697. The standard InChI is InChI=1S/C26H30N2O4/c1-18(29)28-15-14-20-12-8-9-13-21(20)23(28)17-24(30)27-22(25(31)32-26(2,3)4)16-19-10-6-5-7-11-19/h5-15,22-23H,16-17H2,1-4H3,(H,27,30)/t22-,23-/m0/s1. The van der Waals surface area contributed by atoms with E-state index in [2.05, 4.69) is 5.32 Å². The Hall–Kier alpha value is -3.41. The summed E-state index contributed by atoms with van der Waals surface area (Å²) in [5.41, 5.74) is 2.11. The summed E-state index contributed by atoms with van der Waals surface area (Å²) in [6.45, 7) is 6.86. The molecule has 6 nitrogen and oxygen atoms in total. The van der Waals surface area contributed by atoms with Crippen molar-refractivity contribution in [2.45, 2.75) is 58.2 Å². The van der Waals surface area contributed by atoms with Crippen LogP contribution in [-0.2, 0) is 25.5 Å². The molecule has 1 heterocycles. The van der Waals surface area contributed by atoms with Crippen LogP contribution in [0.4, 0.5) is 0 Å². The molecule has 6 heteroatoms. The summed E-state index contributed by atoms with van der Waals surface area (Å²) in [4.78, 5) is 39.7. The van der Waals surface area contributed by atoms with E-state index in [1.54, 1.807) is 31.9 Å². The van der Waals surface area contributed by atoms with Crippen molar-refractivity contribution in [2.75, 3.05) is 0 Å². The van der Waals surface area contributed by atoms with Gasteiger partial charge in [0.25, 0.3) is 0 Å². The third-order valence-corrected chi connectivity index (χ3v) is 5.16. The number of fused-ring (bicyclic) bond motifs is 1. The smallest absolute Gasteiger partial charge is 0.329 e. The van der Waals surface area contributed by atoms with Crippen LogP contribution >= 0.6 is 0 Å². The number of carbonyl (C=O) groups excluding carboxylic acids is 3. The Morgan fingerprint density at radius 1 is 1.03 bits per heavy atom. The molecule has 0 fully saturated rings. The zero-order valence-electron chi connectivity index (χ0n) is 19.0. The SMILES string of the molecule is CC(=O)N1C=Cc2ccccc2[C@@H]1CC(=O)N[C@@H](Cc1ccccc1)C(=O)OC(C)(C)C. The summed E-state index contributed by atoms with van der Waals surface area (Å²) in [6, 6.07) is 15.9. The molecule has 2 aromatic rings. The highest BCUT2D eigenvalue weighted by molar-refractivity contribution is 5.86. The third-order valence-electron chi connectivity index (χ3n) is 5.16. The van der Waals surface area contributed by atoms with Crippen LogP contribution in [0.1, 0.15) is 56.8 Å². The Morgan fingerprint density at radius 2 is 1.69 bits per heavy atom. The molecule has 0 aromatic heterocycles. The molecule has 0 bridgehead atoms. The Balaban J connectivity index is 1.79. The van der Waals surface area contributed by atoms with Crippen molar-refractivity contribution in [3.63, 3.8) is 0 Å². The highest BCUT2D eigenvalue weighted by atomic mass is 16.6. The van der Waals surface area contributed by atoms with Crippen molar-refractivity contribution in [1.82, 2.24) is 10.2 Å². The predicted octanol–water partition coefficient (Wildman–Crippen LogP) is 4.02. The molecule has 1 aliphatic rings. The predicted molar refractivity (Wildman–Crippen MR) is 123 cm³/mol. The molecule has 0 saturated carbocycles. The van der Waals surface area contributed by atoms with E-state index in [4.69, 9.17) is 4.74 Å². The number of rotatable bonds is 6. The number of amides is 2. The molecular weight excluding hydrogens is 404 g/mol. The second-order valence-corrected chi connectivity index (χ2v) is 8.93. The zero-order valence-corrected chi connectivity index (χ0v) is 19.0. The summed E-state index contributed by atoms with van der Waals surface area (Å²) < 4.78 is 5.55. The zero-order chi connectivity index (χ0) is 23.3. The van der Waals surface area contributed by atoms with Crippen molar-refractivity contribution in [1.29, 1.82) is 0 Å². The van der Waals surface area contributed by atoms with Crippen molar-refractivity contribution < 1.29 is 19.1 Å². The fourth-order valence-corrected chi connectivity index (χ4v) is 3.76. The molecule has 0 aliphatic carbocycles. The van der Waals surface area contributed by atoms with E-state index in [1.807, 2.05) is 60.7 Å². The lowest BCUT2D eigenvalue weighted by Gasteiger charge is -2.32. The summed E-state index contributed by atoms with van der Waals surface area (Å²) in [5.74, 6) is -0.957. The van der Waals surface area contributed by atoms with E-state index in [-0.39, 0.29) is 18.2 Å². The Kier molecular flexibility index (Phi) is 7.13. The number of nitrogens with zero attached hydrogens (tertiary/aromatic N) is 1. The van der Waals surface area contributed by atoms with E-state index >= 15 is 0 Å². The molecule has 0 saturated heterocycles. The number of ether oxygens (including phenoxy) is 1. The van der Waals surface area contributed by atoms with Gasteiger partial charge in [0.05, 0.1) is 12.5 Å². The topological polar surface area (TPSA) is 75.7 Å². The van der Waals surface area contributed by atoms with Crippen LogP contribution < -0.4 is 5.32 Å². The molecule has 0 spiro atoms. The summed E-state index contributed by atoms with van der Waals surface area (Å²) in [6.07, 6.45) is 3.93. The maximum atomic E-state index is 13.1. The molecule has 3 rings (SSSR count). The third kappa shape index (κ3) is 6.06. The maximum Gasteiger partial charge on any atom is 0.329 e. The maximum absolute atomic E-state index is 13.1. The minimum absolute atomic E-state index is 0.0367. The van der Waals surface area contributed by atoms with Crippen LogP contribution in [0.5, 0.6) is 0 Å². The fourth-order valence-electron chi connectivity index (χ4n) is 3.76. The van der Waals surface area contributed by atoms with Gasteiger partial charge in [-0.05, 0) is 43.5 Å². The van der Waals surface area contributed by atoms with Crippen molar-refractivity contribution in [3.8, 4) is 0 Å². The van der Waals surface area contributed by atoms with Gasteiger partial charge in [-0.3, -0.25) is 9.59 Å². The first-order chi connectivity index (χ1) is 15.1. The van der Waals surface area contributed by atoms with Crippen LogP contribution in [0.2, 0.25) is 0 Å². The molecule has 2 atom stereocenters. The van der Waals surface area contributed by atoms with E-state index in [1.165, 1.54) is 6.92 Å². The fraction of sp³-hybridized carbons (Fsp3) is 0.346. The average Bonchev–Trinajstić information content (AvgIpc) is 2.73. The Bertz CT molecular complexity index is 1010. The van der Waals surface area contributed by atoms with E-state index in [0.29, 0.717) is 6.42 Å². The Labute approximate surface area is 189 Å². The first-order valence-corrected chi connectivity index (χ1v) is 10.8. The van der Waals surface area contributed by atoms with Crippen molar-refractivity contribution in [2.24, 2.45) is 0 Å². The molecule has 168 valence electrons. The minimum Gasteiger partial charge on any atom is -0.458 e. The first kappa shape index (κ1) is 23.3. The van der Waals surface area contributed by atoms with Gasteiger partial charge in [-0.1, -0.05) is 54.6 Å². The van der Waals surface area contributed by atoms with Gasteiger partial charge in [0, 0.05) is 19.5 Å². The van der Waals surface area contributed by atoms with Crippen LogP contribution in [0.15, 0.2) is 60.8 Å². The van der Waals surface area contributed by atoms with Crippen molar-refractivity contribution in [3.05, 3.63) is 77.5 Å². The van der Waals surface area contributed by atoms with Gasteiger partial charge in [-0.15, -0.1) is 0 Å². The molecule has 1 N–H and O–H groups in total. The van der Waals surface area contributed by atoms with Crippen LogP contribution in [0, 0.1) is 0 Å². The normalized spacial score (nSPS) is 16.1. The summed E-state index contributed by atoms with van der Waals surface area (Å²) >= 11 is 0. The lowest BCUT2D eigenvalue weighted by atomic mass is 9.93. The van der Waals surface area contributed by atoms with Gasteiger partial charge in [0.1, 0.15) is 11.6 Å². The van der Waals surface area contributed by atoms with Gasteiger partial charge < -0.3 is 15.0 Å². The monoisotopic (exact) mass is 434 g/mol. The number of hydrogen-bond donors (Lipinski definition) is 1. The summed E-state index contributed by atoms with van der Waals surface area (Å²) in [5, 5.41) is 2.85. The Morgan fingerprint density at radius 3 is 2.34 bits per heavy atom. The first-order valence-electron chi connectivity index (χ1n) is 10.8. The number of carbonyl (C=O) groups is 3. The highest BCUT2D eigenvalue weighted by Gasteiger charge is 2.31. The van der Waals surface area contributed by atoms with Gasteiger partial charge in [0.15, 0.2) is 0 Å². The van der Waals surface area contributed by atoms with E-state index in [9.17, 15) is 14.4 Å². The number of nitrogens with one attached hydrogen (secondary N) is 1. The van der Waals surface area contributed by atoms with Crippen LogP contribution in [0.3, 0.4) is 0 Å². The molecular formula is C26H30N2O4. The molecule has 32 heavy (non-hydrogen) atoms. The van der Waals surface area contributed by atoms with Gasteiger partial charge in [0.2, 0.25) is 11.8 Å². The number of esters is 1. The second kappa shape index (κ2) is 9.81. The van der Waals surface area contributed by atoms with E-state index < -0.39 is 23.7 Å². The van der Waals surface area contributed by atoms with Crippen LogP contribution in [0.25, 0.3) is 6.08 Å². The molecule has 0 radical (unpaired) electrons. The average molecular weight is 435 g/mol. The largest absolute Gasteiger partial charge is 0.458 e. The van der Waals surface area contributed by atoms with Gasteiger partial charge in [-0.25, -0.2) is 4.79 Å².